The molecule has 0 aliphatic heterocycles. The summed E-state index contributed by atoms with van der Waals surface area (Å²) in [5.41, 5.74) is 3.95. The molecular formula is C29H26F4N4O. The van der Waals surface area contributed by atoms with Crippen LogP contribution in [0.15, 0.2) is 72.8 Å². The van der Waals surface area contributed by atoms with E-state index in [0.29, 0.717) is 29.9 Å². The molecule has 0 spiro atoms. The number of anilines is 3. The first kappa shape index (κ1) is 25.7. The van der Waals surface area contributed by atoms with Crippen LogP contribution < -0.4 is 10.6 Å². The van der Waals surface area contributed by atoms with Crippen molar-refractivity contribution < 1.29 is 22.7 Å². The summed E-state index contributed by atoms with van der Waals surface area (Å²) in [6.45, 7) is 1.88. The van der Waals surface area contributed by atoms with Gasteiger partial charge in [-0.25, -0.2) is 9.37 Å². The summed E-state index contributed by atoms with van der Waals surface area (Å²) in [6.07, 6.45) is -2.87. The topological polar surface area (TPSA) is 70.1 Å². The van der Waals surface area contributed by atoms with Gasteiger partial charge in [-0.2, -0.15) is 18.2 Å². The number of benzene rings is 3. The van der Waals surface area contributed by atoms with Crippen LogP contribution in [-0.4, -0.2) is 21.2 Å². The van der Waals surface area contributed by atoms with Crippen molar-refractivity contribution in [1.82, 2.24) is 9.97 Å². The molecule has 1 aliphatic carbocycles. The van der Waals surface area contributed by atoms with Crippen molar-refractivity contribution in [1.29, 1.82) is 0 Å². The third-order valence-corrected chi connectivity index (χ3v) is 6.67. The number of aromatic nitrogens is 2. The summed E-state index contributed by atoms with van der Waals surface area (Å²) >= 11 is 0. The average molecular weight is 523 g/mol. The zero-order valence-electron chi connectivity index (χ0n) is 20.6. The molecule has 0 fully saturated rings. The third-order valence-electron chi connectivity index (χ3n) is 6.67. The van der Waals surface area contributed by atoms with Crippen LogP contribution in [-0.2, 0) is 19.0 Å². The van der Waals surface area contributed by atoms with Crippen molar-refractivity contribution in [2.24, 2.45) is 0 Å². The minimum atomic E-state index is -4.44. The van der Waals surface area contributed by atoms with Gasteiger partial charge in [0, 0.05) is 23.7 Å². The largest absolute Gasteiger partial charge is 0.416 e. The van der Waals surface area contributed by atoms with Gasteiger partial charge in [-0.3, -0.25) is 0 Å². The predicted octanol–water partition coefficient (Wildman–Crippen LogP) is 7.07. The molecule has 196 valence electrons. The monoisotopic (exact) mass is 522 g/mol. The van der Waals surface area contributed by atoms with Gasteiger partial charge < -0.3 is 15.7 Å². The molecule has 0 amide bonds. The molecule has 5 rings (SSSR count). The lowest BCUT2D eigenvalue weighted by Gasteiger charge is -2.24. The number of hydrogen-bond acceptors (Lipinski definition) is 5. The molecule has 1 aromatic heterocycles. The van der Waals surface area contributed by atoms with E-state index in [0.717, 1.165) is 40.9 Å². The van der Waals surface area contributed by atoms with Gasteiger partial charge in [0.15, 0.2) is 0 Å². The lowest BCUT2D eigenvalue weighted by Crippen LogP contribution is -2.19. The number of nitrogens with one attached hydrogen (secondary N) is 2. The Hall–Kier alpha value is -3.98. The highest BCUT2D eigenvalue weighted by Gasteiger charge is 2.30. The van der Waals surface area contributed by atoms with E-state index in [-0.39, 0.29) is 17.8 Å². The van der Waals surface area contributed by atoms with E-state index in [1.54, 1.807) is 18.2 Å². The quantitative estimate of drug-likeness (QED) is 0.236. The molecule has 2 atom stereocenters. The molecule has 1 heterocycles. The maximum Gasteiger partial charge on any atom is 0.416 e. The Balaban J connectivity index is 1.51. The number of aliphatic hydroxyl groups excluding tert-OH is 1. The normalized spacial score (nSPS) is 16.0. The van der Waals surface area contributed by atoms with E-state index in [9.17, 15) is 22.7 Å². The predicted molar refractivity (Wildman–Crippen MR) is 139 cm³/mol. The minimum absolute atomic E-state index is 0.256. The number of fused-ring (bicyclic) bond motifs is 1. The molecule has 5 nitrogen and oxygen atoms in total. The van der Waals surface area contributed by atoms with Gasteiger partial charge in [0.1, 0.15) is 11.6 Å². The molecule has 0 saturated heterocycles. The van der Waals surface area contributed by atoms with Crippen molar-refractivity contribution in [3.63, 3.8) is 0 Å². The summed E-state index contributed by atoms with van der Waals surface area (Å²) in [5, 5.41) is 16.8. The van der Waals surface area contributed by atoms with Gasteiger partial charge in [-0.05, 0) is 66.8 Å². The van der Waals surface area contributed by atoms with Crippen molar-refractivity contribution in [2.45, 2.75) is 44.5 Å². The van der Waals surface area contributed by atoms with E-state index in [4.69, 9.17) is 0 Å². The van der Waals surface area contributed by atoms with Crippen LogP contribution in [0, 0.1) is 5.82 Å². The van der Waals surface area contributed by atoms with Crippen molar-refractivity contribution in [3.05, 3.63) is 101 Å². The number of hydrogen-bond donors (Lipinski definition) is 3. The molecule has 38 heavy (non-hydrogen) atoms. The number of aliphatic hydroxyl groups is 1. The van der Waals surface area contributed by atoms with E-state index in [1.165, 1.54) is 24.3 Å². The van der Waals surface area contributed by atoms with Crippen molar-refractivity contribution in [2.75, 3.05) is 10.6 Å². The van der Waals surface area contributed by atoms with Crippen LogP contribution in [0.5, 0.6) is 0 Å². The Bertz CT molecular complexity index is 1420. The molecule has 0 saturated carbocycles. The lowest BCUT2D eigenvalue weighted by molar-refractivity contribution is -0.137. The van der Waals surface area contributed by atoms with E-state index >= 15 is 0 Å². The maximum absolute atomic E-state index is 13.4. The fraction of sp³-hybridized carbons (Fsp3) is 0.241. The molecule has 3 aromatic carbocycles. The smallest absolute Gasteiger partial charge is 0.393 e. The first-order chi connectivity index (χ1) is 18.2. The van der Waals surface area contributed by atoms with Crippen LogP contribution in [0.25, 0.3) is 11.3 Å². The molecule has 0 bridgehead atoms. The zero-order chi connectivity index (χ0) is 26.9. The minimum Gasteiger partial charge on any atom is -0.393 e. The standard InChI is InChI=1S/C29H26F4N4O/c1-17(18-7-12-22(30)13-8-18)34-28-36-26(20-5-10-21(11-6-20)29(31,32)33)16-27(37-28)35-25-4-2-3-19-9-14-23(38)15-24(19)25/h2-8,10-13,16-17,23,38H,9,14-15H2,1H3,(H2,34,35,36,37)/t17-,23+/m0/s1. The summed E-state index contributed by atoms with van der Waals surface area (Å²) in [6, 6.07) is 18.1. The number of aryl methyl sites for hydroxylation is 1. The summed E-state index contributed by atoms with van der Waals surface area (Å²) in [5.74, 6) is 0.355. The molecule has 0 radical (unpaired) electrons. The van der Waals surface area contributed by atoms with Gasteiger partial charge in [-0.1, -0.05) is 36.4 Å². The van der Waals surface area contributed by atoms with Crippen LogP contribution in [0.1, 0.15) is 41.6 Å². The van der Waals surface area contributed by atoms with Gasteiger partial charge in [0.05, 0.1) is 23.4 Å². The first-order valence-electron chi connectivity index (χ1n) is 12.3. The van der Waals surface area contributed by atoms with Crippen LogP contribution in [0.4, 0.5) is 35.0 Å². The Morgan fingerprint density at radius 3 is 2.42 bits per heavy atom. The Morgan fingerprint density at radius 2 is 1.71 bits per heavy atom. The van der Waals surface area contributed by atoms with E-state index < -0.39 is 17.8 Å². The fourth-order valence-corrected chi connectivity index (χ4v) is 4.61. The van der Waals surface area contributed by atoms with Gasteiger partial charge in [0.2, 0.25) is 5.95 Å². The summed E-state index contributed by atoms with van der Waals surface area (Å²) < 4.78 is 52.7. The average Bonchev–Trinajstić information content (AvgIpc) is 2.89. The molecule has 0 unspecified atom stereocenters. The molecule has 4 aromatic rings. The second-order valence-electron chi connectivity index (χ2n) is 9.42. The maximum atomic E-state index is 13.4. The highest BCUT2D eigenvalue weighted by molar-refractivity contribution is 5.70. The lowest BCUT2D eigenvalue weighted by atomic mass is 9.88. The SMILES string of the molecule is C[C@H](Nc1nc(Nc2cccc3c2C[C@H](O)CC3)cc(-c2ccc(C(F)(F)F)cc2)n1)c1ccc(F)cc1. The molecule has 9 heteroatoms. The number of alkyl halides is 3. The Labute approximate surface area is 217 Å². The second kappa shape index (κ2) is 10.4. The summed E-state index contributed by atoms with van der Waals surface area (Å²) in [7, 11) is 0. The van der Waals surface area contributed by atoms with Crippen LogP contribution in [0.2, 0.25) is 0 Å². The number of rotatable bonds is 6. The highest BCUT2D eigenvalue weighted by atomic mass is 19.4. The van der Waals surface area contributed by atoms with Gasteiger partial charge in [0.25, 0.3) is 0 Å². The van der Waals surface area contributed by atoms with E-state index in [2.05, 4.69) is 20.6 Å². The number of nitrogens with zero attached hydrogens (tertiary/aromatic N) is 2. The number of halogens is 4. The Kier molecular flexibility index (Phi) is 7.03. The fourth-order valence-electron chi connectivity index (χ4n) is 4.61. The van der Waals surface area contributed by atoms with Crippen molar-refractivity contribution >= 4 is 17.5 Å². The summed E-state index contributed by atoms with van der Waals surface area (Å²) in [4.78, 5) is 9.17. The zero-order valence-corrected chi connectivity index (χ0v) is 20.6. The Morgan fingerprint density at radius 1 is 0.974 bits per heavy atom. The van der Waals surface area contributed by atoms with Crippen molar-refractivity contribution in [3.8, 4) is 11.3 Å². The van der Waals surface area contributed by atoms with E-state index in [1.807, 2.05) is 25.1 Å². The molecule has 3 N–H and O–H groups in total. The molecular weight excluding hydrogens is 496 g/mol. The van der Waals surface area contributed by atoms with Crippen LogP contribution in [0.3, 0.4) is 0 Å². The highest BCUT2D eigenvalue weighted by Crippen LogP contribution is 2.33. The first-order valence-corrected chi connectivity index (χ1v) is 12.3. The third kappa shape index (κ3) is 5.78. The van der Waals surface area contributed by atoms with Gasteiger partial charge in [-0.15, -0.1) is 0 Å². The second-order valence-corrected chi connectivity index (χ2v) is 9.42. The molecule has 1 aliphatic rings. The van der Waals surface area contributed by atoms with Gasteiger partial charge >= 0.3 is 6.18 Å². The van der Waals surface area contributed by atoms with Crippen LogP contribution >= 0.6 is 0 Å².